The van der Waals surface area contributed by atoms with E-state index in [0.717, 1.165) is 88.0 Å². The van der Waals surface area contributed by atoms with Gasteiger partial charge >= 0.3 is 17.9 Å². The number of nitrogens with one attached hydrogen (secondary N) is 1. The number of hydrogen-bond donors (Lipinski definition) is 1. The fraction of sp³-hybridized carbons (Fsp3) is 0.925. The summed E-state index contributed by atoms with van der Waals surface area (Å²) in [6, 6.07) is 0. The summed E-state index contributed by atoms with van der Waals surface area (Å²) < 4.78 is 18.5. The van der Waals surface area contributed by atoms with Crippen LogP contribution in [0, 0.1) is 0 Å². The second-order valence-corrected chi connectivity index (χ2v) is 19.8. The molecule has 63 heavy (non-hydrogen) atoms. The number of carbonyl (C=O) groups excluding carboxylic acids is 4. The number of amides is 1. The molecule has 0 rings (SSSR count). The molecule has 0 radical (unpaired) electrons. The van der Waals surface area contributed by atoms with Crippen molar-refractivity contribution in [2.45, 2.75) is 270 Å². The first-order valence-electron chi connectivity index (χ1n) is 26.5. The Bertz CT molecular complexity index is 973. The minimum atomic E-state index is -1.36. The molecular formula is C53H103BrN2O7. The molecule has 0 aliphatic carbocycles. The van der Waals surface area contributed by atoms with Crippen LogP contribution in [0.3, 0.4) is 0 Å². The number of rotatable bonds is 47. The minimum Gasteiger partial charge on any atom is -1.00 e. The molecule has 0 spiro atoms. The van der Waals surface area contributed by atoms with Gasteiger partial charge in [0.1, 0.15) is 25.4 Å². The van der Waals surface area contributed by atoms with Gasteiger partial charge in [0.15, 0.2) is 0 Å². The van der Waals surface area contributed by atoms with E-state index in [4.69, 9.17) is 14.2 Å². The Labute approximate surface area is 400 Å². The van der Waals surface area contributed by atoms with Crippen LogP contribution < -0.4 is 22.3 Å². The zero-order chi connectivity index (χ0) is 45.8. The van der Waals surface area contributed by atoms with Crippen LogP contribution in [0.1, 0.15) is 265 Å². The van der Waals surface area contributed by atoms with Gasteiger partial charge in [0.2, 0.25) is 5.91 Å². The second kappa shape index (κ2) is 45.5. The Morgan fingerprint density at radius 2 is 0.603 bits per heavy atom. The molecular weight excluding hydrogens is 856 g/mol. The predicted molar refractivity (Wildman–Crippen MR) is 259 cm³/mol. The summed E-state index contributed by atoms with van der Waals surface area (Å²) in [5.41, 5.74) is -1.36. The zero-order valence-electron chi connectivity index (χ0n) is 42.4. The number of hydrogen-bond acceptors (Lipinski definition) is 7. The van der Waals surface area contributed by atoms with Gasteiger partial charge in [-0.05, 0) is 38.5 Å². The number of nitrogens with zero attached hydrogens (tertiary/aromatic N) is 1. The third-order valence-corrected chi connectivity index (χ3v) is 12.1. The topological polar surface area (TPSA) is 108 Å². The molecule has 9 nitrogen and oxygen atoms in total. The third-order valence-electron chi connectivity index (χ3n) is 12.1. The zero-order valence-corrected chi connectivity index (χ0v) is 44.0. The monoisotopic (exact) mass is 959 g/mol. The number of halogens is 1. The van der Waals surface area contributed by atoms with Crippen LogP contribution in [0.4, 0.5) is 0 Å². The van der Waals surface area contributed by atoms with Gasteiger partial charge in [0.05, 0.1) is 27.7 Å². The lowest BCUT2D eigenvalue weighted by Crippen LogP contribution is -3.00. The smallest absolute Gasteiger partial charge is 0.305 e. The van der Waals surface area contributed by atoms with Crippen molar-refractivity contribution in [2.24, 2.45) is 0 Å². The molecule has 0 aromatic rings. The highest BCUT2D eigenvalue weighted by atomic mass is 79.9. The summed E-state index contributed by atoms with van der Waals surface area (Å²) >= 11 is 0. The van der Waals surface area contributed by atoms with Crippen molar-refractivity contribution >= 4 is 23.8 Å². The second-order valence-electron chi connectivity index (χ2n) is 19.8. The van der Waals surface area contributed by atoms with Crippen LogP contribution in [0.2, 0.25) is 0 Å². The molecule has 0 aliphatic heterocycles. The lowest BCUT2D eigenvalue weighted by Gasteiger charge is -2.33. The maximum absolute atomic E-state index is 13.6. The average Bonchev–Trinajstić information content (AvgIpc) is 3.24. The predicted octanol–water partition coefficient (Wildman–Crippen LogP) is 11.1. The normalized spacial score (nSPS) is 11.6. The maximum Gasteiger partial charge on any atom is 0.305 e. The lowest BCUT2D eigenvalue weighted by molar-refractivity contribution is -0.870. The quantitative estimate of drug-likeness (QED) is 0.0280. The van der Waals surface area contributed by atoms with Crippen molar-refractivity contribution in [3.8, 4) is 0 Å². The Morgan fingerprint density at radius 1 is 0.365 bits per heavy atom. The van der Waals surface area contributed by atoms with Crippen LogP contribution in [-0.4, -0.2) is 81.3 Å². The van der Waals surface area contributed by atoms with Crippen LogP contribution in [-0.2, 0) is 33.4 Å². The van der Waals surface area contributed by atoms with E-state index in [1.165, 1.54) is 141 Å². The average molecular weight is 960 g/mol. The SMILES string of the molecule is CCCCCCCCCCCC(=O)OCC(COC(=O)CCCCCCCCCCC)(COC(=O)CCCCCCCCCCC)NC(=O)CCCCCCCCC[N+](C)(C)C.[Br-]. The number of esters is 3. The van der Waals surface area contributed by atoms with E-state index in [1.54, 1.807) is 0 Å². The van der Waals surface area contributed by atoms with E-state index in [9.17, 15) is 19.2 Å². The molecule has 0 saturated carbocycles. The molecule has 0 heterocycles. The molecule has 10 heteroatoms. The molecule has 0 fully saturated rings. The summed E-state index contributed by atoms with van der Waals surface area (Å²) in [5, 5.41) is 3.07. The largest absolute Gasteiger partial charge is 1.00 e. The number of carbonyl (C=O) groups is 4. The first-order chi connectivity index (χ1) is 30.0. The van der Waals surface area contributed by atoms with Crippen molar-refractivity contribution in [1.82, 2.24) is 5.32 Å². The molecule has 0 aliphatic rings. The van der Waals surface area contributed by atoms with Gasteiger partial charge in [-0.1, -0.05) is 201 Å². The summed E-state index contributed by atoms with van der Waals surface area (Å²) in [6.07, 6.45) is 39.7. The highest BCUT2D eigenvalue weighted by Gasteiger charge is 2.37. The molecule has 0 unspecified atom stereocenters. The van der Waals surface area contributed by atoms with E-state index < -0.39 is 5.54 Å². The maximum atomic E-state index is 13.6. The van der Waals surface area contributed by atoms with Gasteiger partial charge in [-0.25, -0.2) is 0 Å². The minimum absolute atomic E-state index is 0. The Balaban J connectivity index is 0. The number of unbranched alkanes of at least 4 members (excludes halogenated alkanes) is 30. The molecule has 0 aromatic heterocycles. The van der Waals surface area contributed by atoms with Crippen LogP contribution >= 0.6 is 0 Å². The van der Waals surface area contributed by atoms with Gasteiger partial charge in [0, 0.05) is 25.7 Å². The fourth-order valence-corrected chi connectivity index (χ4v) is 7.96. The van der Waals surface area contributed by atoms with E-state index in [1.807, 2.05) is 0 Å². The summed E-state index contributed by atoms with van der Waals surface area (Å²) in [4.78, 5) is 52.9. The molecule has 0 atom stereocenters. The lowest BCUT2D eigenvalue weighted by atomic mass is 10.0. The molecule has 374 valence electrons. The third kappa shape index (κ3) is 45.3. The molecule has 0 aromatic carbocycles. The van der Waals surface area contributed by atoms with Gasteiger partial charge in [-0.2, -0.15) is 0 Å². The van der Waals surface area contributed by atoms with Crippen molar-refractivity contribution in [3.63, 3.8) is 0 Å². The number of ether oxygens (including phenoxy) is 3. The van der Waals surface area contributed by atoms with E-state index in [0.29, 0.717) is 6.42 Å². The molecule has 0 saturated heterocycles. The van der Waals surface area contributed by atoms with E-state index >= 15 is 0 Å². The van der Waals surface area contributed by atoms with Gasteiger partial charge in [0.25, 0.3) is 0 Å². The van der Waals surface area contributed by atoms with Gasteiger partial charge < -0.3 is 41.0 Å². The Hall–Kier alpha value is -1.68. The van der Waals surface area contributed by atoms with Crippen molar-refractivity contribution < 1.29 is 54.9 Å². The molecule has 1 N–H and O–H groups in total. The van der Waals surface area contributed by atoms with Gasteiger partial charge in [-0.15, -0.1) is 0 Å². The summed E-state index contributed by atoms with van der Waals surface area (Å²) in [7, 11) is 6.69. The van der Waals surface area contributed by atoms with Crippen LogP contribution in [0.25, 0.3) is 0 Å². The van der Waals surface area contributed by atoms with Crippen LogP contribution in [0.5, 0.6) is 0 Å². The highest BCUT2D eigenvalue weighted by Crippen LogP contribution is 2.18. The summed E-state index contributed by atoms with van der Waals surface area (Å²) in [5.74, 6) is -1.27. The van der Waals surface area contributed by atoms with Gasteiger partial charge in [-0.3, -0.25) is 19.2 Å². The van der Waals surface area contributed by atoms with Crippen LogP contribution in [0.15, 0.2) is 0 Å². The Morgan fingerprint density at radius 3 is 0.873 bits per heavy atom. The first kappa shape index (κ1) is 63.4. The van der Waals surface area contributed by atoms with Crippen molar-refractivity contribution in [3.05, 3.63) is 0 Å². The number of quaternary nitrogens is 1. The molecule has 0 bridgehead atoms. The molecule has 1 amide bonds. The van der Waals surface area contributed by atoms with Crippen molar-refractivity contribution in [1.29, 1.82) is 0 Å². The first-order valence-corrected chi connectivity index (χ1v) is 26.5. The fourth-order valence-electron chi connectivity index (χ4n) is 7.96. The highest BCUT2D eigenvalue weighted by molar-refractivity contribution is 5.77. The Kier molecular flexibility index (Phi) is 45.8. The van der Waals surface area contributed by atoms with E-state index in [2.05, 4.69) is 47.2 Å². The van der Waals surface area contributed by atoms with E-state index in [-0.39, 0.29) is 79.9 Å². The van der Waals surface area contributed by atoms with Crippen molar-refractivity contribution in [2.75, 3.05) is 47.5 Å². The summed E-state index contributed by atoms with van der Waals surface area (Å²) in [6.45, 7) is 7.20. The standard InChI is InChI=1S/C53H102N2O7.BrH/c1-7-10-13-16-19-22-27-32-37-42-50(57)60-46-53(47-61-51(58)43-38-33-28-23-20-17-14-11-8-2,48-62-52(59)44-39-34-29-24-21-18-15-12-9-3)54-49(56)41-36-31-26-25-30-35-40-45-55(4,5)6;/h7-48H2,1-6H3;1H.